The standard InChI is InChI=1S/C21H26N2O2/c24-19(16-4-5-16)22-17-2-1-3-18(9-17)23-20(25)21-10-13-6-14(11-21)8-15(7-13)12-21/h1-3,9,13-16H,4-8,10-12H2,(H,22,24)(H,23,25). The van der Waals surface area contributed by atoms with Crippen molar-refractivity contribution in [3.8, 4) is 0 Å². The molecule has 132 valence electrons. The van der Waals surface area contributed by atoms with Crippen molar-refractivity contribution in [2.24, 2.45) is 29.1 Å². The Bertz CT molecular complexity index is 687. The summed E-state index contributed by atoms with van der Waals surface area (Å²) >= 11 is 0. The zero-order valence-electron chi connectivity index (χ0n) is 14.6. The highest BCUT2D eigenvalue weighted by molar-refractivity contribution is 5.97. The van der Waals surface area contributed by atoms with E-state index in [0.29, 0.717) is 0 Å². The Kier molecular flexibility index (Phi) is 3.44. The molecule has 0 heterocycles. The van der Waals surface area contributed by atoms with Crippen LogP contribution in [-0.4, -0.2) is 11.8 Å². The predicted octanol–water partition coefficient (Wildman–Crippen LogP) is 4.19. The molecule has 5 saturated carbocycles. The van der Waals surface area contributed by atoms with Crippen molar-refractivity contribution in [2.45, 2.75) is 51.4 Å². The normalized spacial score (nSPS) is 35.4. The lowest BCUT2D eigenvalue weighted by molar-refractivity contribution is -0.140. The lowest BCUT2D eigenvalue weighted by Crippen LogP contribution is -2.51. The van der Waals surface area contributed by atoms with Crippen LogP contribution in [0, 0.1) is 29.1 Å². The van der Waals surface area contributed by atoms with Crippen molar-refractivity contribution in [3.05, 3.63) is 24.3 Å². The molecule has 0 spiro atoms. The molecule has 4 heteroatoms. The highest BCUT2D eigenvalue weighted by Crippen LogP contribution is 2.60. The second kappa shape index (κ2) is 5.58. The van der Waals surface area contributed by atoms with Crippen molar-refractivity contribution < 1.29 is 9.59 Å². The second-order valence-corrected chi connectivity index (χ2v) is 9.00. The maximum absolute atomic E-state index is 13.1. The molecule has 5 aliphatic carbocycles. The third-order valence-electron chi connectivity index (χ3n) is 6.86. The average molecular weight is 338 g/mol. The Morgan fingerprint density at radius 3 is 2.00 bits per heavy atom. The van der Waals surface area contributed by atoms with Crippen molar-refractivity contribution in [1.82, 2.24) is 0 Å². The van der Waals surface area contributed by atoms with Gasteiger partial charge in [0.05, 0.1) is 5.41 Å². The van der Waals surface area contributed by atoms with Crippen LogP contribution in [0.1, 0.15) is 51.4 Å². The van der Waals surface area contributed by atoms with E-state index in [9.17, 15) is 9.59 Å². The van der Waals surface area contributed by atoms with Crippen LogP contribution in [0.3, 0.4) is 0 Å². The number of hydrogen-bond acceptors (Lipinski definition) is 2. The summed E-state index contributed by atoms with van der Waals surface area (Å²) in [5.41, 5.74) is 1.44. The molecule has 25 heavy (non-hydrogen) atoms. The van der Waals surface area contributed by atoms with Gasteiger partial charge in [-0.25, -0.2) is 0 Å². The molecule has 0 saturated heterocycles. The van der Waals surface area contributed by atoms with E-state index in [2.05, 4.69) is 10.6 Å². The van der Waals surface area contributed by atoms with Crippen LogP contribution in [0.5, 0.6) is 0 Å². The van der Waals surface area contributed by atoms with Gasteiger partial charge in [-0.2, -0.15) is 0 Å². The number of carbonyl (C=O) groups is 2. The first-order valence-electron chi connectivity index (χ1n) is 9.82. The number of rotatable bonds is 4. The van der Waals surface area contributed by atoms with Crippen LogP contribution >= 0.6 is 0 Å². The molecule has 0 aliphatic heterocycles. The fraction of sp³-hybridized carbons (Fsp3) is 0.619. The smallest absolute Gasteiger partial charge is 0.230 e. The monoisotopic (exact) mass is 338 g/mol. The number of hydrogen-bond donors (Lipinski definition) is 2. The quantitative estimate of drug-likeness (QED) is 0.865. The fourth-order valence-electron chi connectivity index (χ4n) is 5.92. The van der Waals surface area contributed by atoms with E-state index in [-0.39, 0.29) is 23.1 Å². The number of nitrogens with one attached hydrogen (secondary N) is 2. The van der Waals surface area contributed by atoms with E-state index in [1.807, 2.05) is 24.3 Å². The summed E-state index contributed by atoms with van der Waals surface area (Å²) in [4.78, 5) is 25.1. The zero-order valence-corrected chi connectivity index (χ0v) is 14.6. The van der Waals surface area contributed by atoms with E-state index in [1.165, 1.54) is 19.3 Å². The van der Waals surface area contributed by atoms with Crippen LogP contribution in [0.15, 0.2) is 24.3 Å². The summed E-state index contributed by atoms with van der Waals surface area (Å²) in [5, 5.41) is 6.13. The van der Waals surface area contributed by atoms with E-state index >= 15 is 0 Å². The number of amides is 2. The molecule has 0 atom stereocenters. The van der Waals surface area contributed by atoms with Gasteiger partial charge in [-0.1, -0.05) is 6.07 Å². The molecule has 2 amide bonds. The SMILES string of the molecule is O=C(Nc1cccc(NC(=O)C23CC4CC(CC(C4)C2)C3)c1)C1CC1. The minimum absolute atomic E-state index is 0.101. The molecular weight excluding hydrogens is 312 g/mol. The van der Waals surface area contributed by atoms with Crippen LogP contribution in [0.2, 0.25) is 0 Å². The van der Waals surface area contributed by atoms with Gasteiger partial charge in [-0.15, -0.1) is 0 Å². The molecule has 4 bridgehead atoms. The Morgan fingerprint density at radius 2 is 1.44 bits per heavy atom. The zero-order chi connectivity index (χ0) is 17.0. The van der Waals surface area contributed by atoms with Crippen LogP contribution in [0.4, 0.5) is 11.4 Å². The first kappa shape index (κ1) is 15.4. The Hall–Kier alpha value is -1.84. The highest BCUT2D eigenvalue weighted by atomic mass is 16.2. The molecule has 0 radical (unpaired) electrons. The van der Waals surface area contributed by atoms with E-state index < -0.39 is 0 Å². The van der Waals surface area contributed by atoms with E-state index in [1.54, 1.807) is 0 Å². The summed E-state index contributed by atoms with van der Waals surface area (Å²) < 4.78 is 0. The van der Waals surface area contributed by atoms with Gasteiger partial charge in [-0.3, -0.25) is 9.59 Å². The molecule has 4 nitrogen and oxygen atoms in total. The second-order valence-electron chi connectivity index (χ2n) is 9.00. The number of anilines is 2. The van der Waals surface area contributed by atoms with E-state index in [0.717, 1.165) is 61.2 Å². The van der Waals surface area contributed by atoms with Gasteiger partial charge in [-0.05, 0) is 87.3 Å². The van der Waals surface area contributed by atoms with Gasteiger partial charge < -0.3 is 10.6 Å². The van der Waals surface area contributed by atoms with Gasteiger partial charge in [0.2, 0.25) is 11.8 Å². The minimum atomic E-state index is -0.137. The summed E-state index contributed by atoms with van der Waals surface area (Å²) in [7, 11) is 0. The van der Waals surface area contributed by atoms with Gasteiger partial charge in [0.1, 0.15) is 0 Å². The van der Waals surface area contributed by atoms with Gasteiger partial charge in [0.15, 0.2) is 0 Å². The fourth-order valence-corrected chi connectivity index (χ4v) is 5.92. The molecule has 2 N–H and O–H groups in total. The molecule has 0 unspecified atom stereocenters. The highest BCUT2D eigenvalue weighted by Gasteiger charge is 2.54. The summed E-state index contributed by atoms with van der Waals surface area (Å²) in [6, 6.07) is 7.60. The summed E-state index contributed by atoms with van der Waals surface area (Å²) in [5.74, 6) is 2.79. The summed E-state index contributed by atoms with van der Waals surface area (Å²) in [6.45, 7) is 0. The van der Waals surface area contributed by atoms with Gasteiger partial charge in [0, 0.05) is 17.3 Å². The molecule has 6 rings (SSSR count). The first-order valence-corrected chi connectivity index (χ1v) is 9.82. The number of carbonyl (C=O) groups excluding carboxylic acids is 2. The Labute approximate surface area is 148 Å². The van der Waals surface area contributed by atoms with Crippen LogP contribution in [-0.2, 0) is 9.59 Å². The maximum Gasteiger partial charge on any atom is 0.230 e. The third kappa shape index (κ3) is 2.86. The first-order chi connectivity index (χ1) is 12.1. The lowest BCUT2D eigenvalue weighted by Gasteiger charge is -2.55. The Morgan fingerprint density at radius 1 is 0.880 bits per heavy atom. The lowest BCUT2D eigenvalue weighted by atomic mass is 9.49. The van der Waals surface area contributed by atoms with Crippen molar-refractivity contribution in [1.29, 1.82) is 0 Å². The predicted molar refractivity (Wildman–Crippen MR) is 97.0 cm³/mol. The molecule has 0 aromatic heterocycles. The molecule has 5 aliphatic rings. The Balaban J connectivity index is 1.30. The number of benzene rings is 1. The molecule has 1 aromatic rings. The van der Waals surface area contributed by atoms with Crippen molar-refractivity contribution in [3.63, 3.8) is 0 Å². The maximum atomic E-state index is 13.1. The van der Waals surface area contributed by atoms with Crippen molar-refractivity contribution in [2.75, 3.05) is 10.6 Å². The molecular formula is C21H26N2O2. The van der Waals surface area contributed by atoms with Crippen LogP contribution in [0.25, 0.3) is 0 Å². The van der Waals surface area contributed by atoms with Gasteiger partial charge >= 0.3 is 0 Å². The summed E-state index contributed by atoms with van der Waals surface area (Å²) in [6.07, 6.45) is 9.23. The third-order valence-corrected chi connectivity index (χ3v) is 6.86. The average Bonchev–Trinajstić information content (AvgIpc) is 3.39. The van der Waals surface area contributed by atoms with Crippen LogP contribution < -0.4 is 10.6 Å². The largest absolute Gasteiger partial charge is 0.326 e. The van der Waals surface area contributed by atoms with Crippen molar-refractivity contribution >= 4 is 23.2 Å². The topological polar surface area (TPSA) is 58.2 Å². The van der Waals surface area contributed by atoms with E-state index in [4.69, 9.17) is 0 Å². The minimum Gasteiger partial charge on any atom is -0.326 e. The molecule has 1 aromatic carbocycles. The molecule has 5 fully saturated rings. The van der Waals surface area contributed by atoms with Gasteiger partial charge in [0.25, 0.3) is 0 Å².